The third kappa shape index (κ3) is 2.88. The van der Waals surface area contributed by atoms with E-state index in [9.17, 15) is 4.79 Å². The molecule has 19 heavy (non-hydrogen) atoms. The lowest BCUT2D eigenvalue weighted by atomic mass is 9.97. The van der Waals surface area contributed by atoms with Gasteiger partial charge in [0.1, 0.15) is 6.07 Å². The number of nitrogens with zero attached hydrogens (tertiary/aromatic N) is 4. The van der Waals surface area contributed by atoms with Gasteiger partial charge in [-0.05, 0) is 6.07 Å². The number of nitriles is 1. The lowest BCUT2D eigenvalue weighted by molar-refractivity contribution is 0.318. The molecule has 0 fully saturated rings. The van der Waals surface area contributed by atoms with E-state index in [-0.39, 0.29) is 17.5 Å². The highest BCUT2D eigenvalue weighted by molar-refractivity contribution is 5.24. The fraction of sp³-hybridized carbons (Fsp3) is 0.385. The predicted molar refractivity (Wildman–Crippen MR) is 67.5 cm³/mol. The van der Waals surface area contributed by atoms with Crippen LogP contribution in [0.3, 0.4) is 0 Å². The minimum Gasteiger partial charge on any atom is -0.339 e. The average Bonchev–Trinajstić information content (AvgIpc) is 2.80. The molecule has 0 aromatic carbocycles. The zero-order valence-electron chi connectivity index (χ0n) is 11.0. The van der Waals surface area contributed by atoms with Gasteiger partial charge in [-0.1, -0.05) is 25.9 Å². The molecule has 2 aromatic rings. The van der Waals surface area contributed by atoms with Crippen molar-refractivity contribution < 1.29 is 4.52 Å². The highest BCUT2D eigenvalue weighted by Crippen LogP contribution is 2.19. The van der Waals surface area contributed by atoms with Gasteiger partial charge in [-0.15, -0.1) is 0 Å². The smallest absolute Gasteiger partial charge is 0.251 e. The standard InChI is InChI=1S/C13H14N4O2/c1-13(2,3)12-15-10(16-19-12)8-17-7-9(6-14)4-5-11(17)18/h4-5,7H,8H2,1-3H3. The van der Waals surface area contributed by atoms with E-state index >= 15 is 0 Å². The van der Waals surface area contributed by atoms with Crippen LogP contribution < -0.4 is 5.56 Å². The largest absolute Gasteiger partial charge is 0.339 e. The Bertz CT molecular complexity index is 686. The van der Waals surface area contributed by atoms with Crippen LogP contribution in [0.2, 0.25) is 0 Å². The molecule has 0 aliphatic carbocycles. The Labute approximate surface area is 110 Å². The molecule has 2 heterocycles. The topological polar surface area (TPSA) is 84.7 Å². The molecule has 0 bridgehead atoms. The van der Waals surface area contributed by atoms with Gasteiger partial charge >= 0.3 is 0 Å². The predicted octanol–water partition coefficient (Wildman–Crippen LogP) is 1.45. The number of hydrogen-bond acceptors (Lipinski definition) is 5. The van der Waals surface area contributed by atoms with E-state index in [1.54, 1.807) is 0 Å². The van der Waals surface area contributed by atoms with Crippen LogP contribution in [0.4, 0.5) is 0 Å². The fourth-order valence-corrected chi connectivity index (χ4v) is 1.50. The summed E-state index contributed by atoms with van der Waals surface area (Å²) in [4.78, 5) is 15.9. The second kappa shape index (κ2) is 4.69. The molecule has 0 saturated heterocycles. The molecule has 0 aliphatic heterocycles. The summed E-state index contributed by atoms with van der Waals surface area (Å²) in [5.41, 5.74) is -0.0229. The van der Waals surface area contributed by atoms with Crippen molar-refractivity contribution in [1.29, 1.82) is 5.26 Å². The Morgan fingerprint density at radius 3 is 2.74 bits per heavy atom. The van der Waals surface area contributed by atoms with Crippen molar-refractivity contribution in [2.45, 2.75) is 32.7 Å². The molecule has 6 heteroatoms. The molecule has 0 unspecified atom stereocenters. The normalized spacial score (nSPS) is 11.3. The minimum absolute atomic E-state index is 0.188. The fourth-order valence-electron chi connectivity index (χ4n) is 1.50. The summed E-state index contributed by atoms with van der Waals surface area (Å²) in [6, 6.07) is 4.82. The summed E-state index contributed by atoms with van der Waals surface area (Å²) in [6.07, 6.45) is 1.48. The van der Waals surface area contributed by atoms with E-state index < -0.39 is 0 Å². The van der Waals surface area contributed by atoms with E-state index in [2.05, 4.69) is 10.1 Å². The van der Waals surface area contributed by atoms with Gasteiger partial charge < -0.3 is 9.09 Å². The average molecular weight is 258 g/mol. The molecule has 0 amide bonds. The van der Waals surface area contributed by atoms with Crippen LogP contribution >= 0.6 is 0 Å². The van der Waals surface area contributed by atoms with Gasteiger partial charge in [0.25, 0.3) is 5.56 Å². The number of hydrogen-bond donors (Lipinski definition) is 0. The van der Waals surface area contributed by atoms with E-state index in [0.717, 1.165) is 0 Å². The monoisotopic (exact) mass is 258 g/mol. The number of aromatic nitrogens is 3. The maximum atomic E-state index is 11.7. The Kier molecular flexibility index (Phi) is 3.21. The van der Waals surface area contributed by atoms with Crippen molar-refractivity contribution in [2.75, 3.05) is 0 Å². The summed E-state index contributed by atoms with van der Waals surface area (Å²) in [5.74, 6) is 0.939. The lowest BCUT2D eigenvalue weighted by Crippen LogP contribution is -2.20. The second-order valence-corrected chi connectivity index (χ2v) is 5.26. The van der Waals surface area contributed by atoms with Crippen molar-refractivity contribution in [1.82, 2.24) is 14.7 Å². The molecule has 98 valence electrons. The van der Waals surface area contributed by atoms with Crippen LogP contribution in [-0.4, -0.2) is 14.7 Å². The van der Waals surface area contributed by atoms with Gasteiger partial charge in [0, 0.05) is 17.7 Å². The van der Waals surface area contributed by atoms with Gasteiger partial charge in [-0.2, -0.15) is 10.2 Å². The summed E-state index contributed by atoms with van der Waals surface area (Å²) in [7, 11) is 0. The quantitative estimate of drug-likeness (QED) is 0.813. The summed E-state index contributed by atoms with van der Waals surface area (Å²) in [5, 5.41) is 12.7. The van der Waals surface area contributed by atoms with Crippen molar-refractivity contribution in [3.63, 3.8) is 0 Å². The van der Waals surface area contributed by atoms with Crippen molar-refractivity contribution in [3.8, 4) is 6.07 Å². The van der Waals surface area contributed by atoms with Crippen LogP contribution in [0, 0.1) is 11.3 Å². The molecule has 0 aliphatic rings. The van der Waals surface area contributed by atoms with Gasteiger partial charge in [-0.3, -0.25) is 4.79 Å². The highest BCUT2D eigenvalue weighted by atomic mass is 16.5. The first-order chi connectivity index (χ1) is 8.90. The van der Waals surface area contributed by atoms with Crippen molar-refractivity contribution >= 4 is 0 Å². The Balaban J connectivity index is 2.30. The third-order valence-electron chi connectivity index (χ3n) is 2.53. The van der Waals surface area contributed by atoms with Gasteiger partial charge in [0.2, 0.25) is 5.89 Å². The first-order valence-corrected chi connectivity index (χ1v) is 5.84. The van der Waals surface area contributed by atoms with E-state index in [1.807, 2.05) is 26.8 Å². The van der Waals surface area contributed by atoms with Gasteiger partial charge in [-0.25, -0.2) is 0 Å². The van der Waals surface area contributed by atoms with Crippen molar-refractivity contribution in [2.24, 2.45) is 0 Å². The first kappa shape index (κ1) is 13.0. The van der Waals surface area contributed by atoms with E-state index in [1.165, 1.54) is 22.9 Å². The number of rotatable bonds is 2. The minimum atomic E-state index is -0.231. The molecule has 0 spiro atoms. The lowest BCUT2D eigenvalue weighted by Gasteiger charge is -2.10. The third-order valence-corrected chi connectivity index (χ3v) is 2.53. The van der Waals surface area contributed by atoms with E-state index in [0.29, 0.717) is 17.3 Å². The Morgan fingerprint density at radius 1 is 1.42 bits per heavy atom. The molecule has 0 radical (unpaired) electrons. The van der Waals surface area contributed by atoms with E-state index in [4.69, 9.17) is 9.78 Å². The Morgan fingerprint density at radius 2 is 2.16 bits per heavy atom. The Hall–Kier alpha value is -2.42. The molecule has 0 N–H and O–H groups in total. The summed E-state index contributed by atoms with van der Waals surface area (Å²) in [6.45, 7) is 6.08. The van der Waals surface area contributed by atoms with Crippen molar-refractivity contribution in [3.05, 3.63) is 46.0 Å². The zero-order chi connectivity index (χ0) is 14.0. The van der Waals surface area contributed by atoms with Gasteiger partial charge in [0.05, 0.1) is 12.1 Å². The van der Waals surface area contributed by atoms with Crippen LogP contribution in [0.25, 0.3) is 0 Å². The molecule has 0 saturated carbocycles. The molecule has 6 nitrogen and oxygen atoms in total. The summed E-state index contributed by atoms with van der Waals surface area (Å²) < 4.78 is 6.54. The first-order valence-electron chi connectivity index (χ1n) is 5.84. The molecular weight excluding hydrogens is 244 g/mol. The van der Waals surface area contributed by atoms with Crippen LogP contribution in [0.1, 0.15) is 38.0 Å². The second-order valence-electron chi connectivity index (χ2n) is 5.26. The zero-order valence-corrected chi connectivity index (χ0v) is 11.0. The number of pyridine rings is 1. The molecular formula is C13H14N4O2. The van der Waals surface area contributed by atoms with Crippen LogP contribution in [-0.2, 0) is 12.0 Å². The molecule has 2 rings (SSSR count). The highest BCUT2D eigenvalue weighted by Gasteiger charge is 2.21. The molecule has 2 aromatic heterocycles. The molecule has 0 atom stereocenters. The maximum absolute atomic E-state index is 11.7. The maximum Gasteiger partial charge on any atom is 0.251 e. The summed E-state index contributed by atoms with van der Waals surface area (Å²) >= 11 is 0. The SMILES string of the molecule is CC(C)(C)c1nc(Cn2cc(C#N)ccc2=O)no1. The van der Waals surface area contributed by atoms with Crippen LogP contribution in [0.5, 0.6) is 0 Å². The van der Waals surface area contributed by atoms with Crippen LogP contribution in [0.15, 0.2) is 27.6 Å². The van der Waals surface area contributed by atoms with Gasteiger partial charge in [0.15, 0.2) is 5.82 Å².